The van der Waals surface area contributed by atoms with Gasteiger partial charge in [0.05, 0.1) is 16.1 Å². The van der Waals surface area contributed by atoms with E-state index in [1.54, 1.807) is 14.0 Å². The molecule has 1 N–H and O–H groups in total. The lowest BCUT2D eigenvalue weighted by Crippen LogP contribution is -2.24. The van der Waals surface area contributed by atoms with Crippen LogP contribution in [0.25, 0.3) is 0 Å². The normalized spacial score (nSPS) is 11.8. The van der Waals surface area contributed by atoms with E-state index in [1.807, 2.05) is 20.8 Å². The van der Waals surface area contributed by atoms with Crippen LogP contribution in [0.5, 0.6) is 0 Å². The number of hydrogen-bond acceptors (Lipinski definition) is 6. The molecule has 0 aromatic heterocycles. The van der Waals surface area contributed by atoms with Crippen molar-refractivity contribution in [3.8, 4) is 0 Å². The molecule has 7 heteroatoms. The summed E-state index contributed by atoms with van der Waals surface area (Å²) in [7, 11) is 1.64. The van der Waals surface area contributed by atoms with Crippen molar-refractivity contribution in [2.24, 2.45) is 5.41 Å². The third-order valence-corrected chi connectivity index (χ3v) is 3.14. The molecule has 0 bridgehead atoms. The molecule has 0 aliphatic heterocycles. The SMILES string of the molecule is CNC=C(C(=O)OC(=O)c1ccc([N+](=O)[O-])cc1C)C(C)(C)C. The highest BCUT2D eigenvalue weighted by atomic mass is 16.6. The summed E-state index contributed by atoms with van der Waals surface area (Å²) >= 11 is 0. The highest BCUT2D eigenvalue weighted by molar-refractivity contribution is 6.03. The summed E-state index contributed by atoms with van der Waals surface area (Å²) < 4.78 is 4.90. The van der Waals surface area contributed by atoms with E-state index in [-0.39, 0.29) is 11.3 Å². The predicted octanol–water partition coefficient (Wildman–Crippen LogP) is 2.74. The first-order valence-corrected chi connectivity index (χ1v) is 6.97. The van der Waals surface area contributed by atoms with Crippen molar-refractivity contribution in [2.75, 3.05) is 7.05 Å². The maximum Gasteiger partial charge on any atom is 0.346 e. The zero-order valence-corrected chi connectivity index (χ0v) is 13.8. The summed E-state index contributed by atoms with van der Waals surface area (Å²) in [4.78, 5) is 34.5. The number of benzene rings is 1. The molecule has 23 heavy (non-hydrogen) atoms. The zero-order chi connectivity index (χ0) is 17.8. The van der Waals surface area contributed by atoms with Gasteiger partial charge in [-0.15, -0.1) is 0 Å². The van der Waals surface area contributed by atoms with Crippen molar-refractivity contribution in [1.82, 2.24) is 5.32 Å². The smallest absolute Gasteiger partial charge is 0.346 e. The number of non-ortho nitro benzene ring substituents is 1. The van der Waals surface area contributed by atoms with Gasteiger partial charge >= 0.3 is 11.9 Å². The lowest BCUT2D eigenvalue weighted by molar-refractivity contribution is -0.384. The topological polar surface area (TPSA) is 98.5 Å². The molecule has 0 saturated carbocycles. The minimum absolute atomic E-state index is 0.113. The Labute approximate surface area is 134 Å². The summed E-state index contributed by atoms with van der Waals surface area (Å²) in [5.74, 6) is -1.59. The molecule has 0 aliphatic carbocycles. The van der Waals surface area contributed by atoms with Crippen LogP contribution in [0.3, 0.4) is 0 Å². The first kappa shape index (κ1) is 18.3. The molecular formula is C16H20N2O5. The van der Waals surface area contributed by atoms with Gasteiger partial charge in [-0.2, -0.15) is 0 Å². The average molecular weight is 320 g/mol. The van der Waals surface area contributed by atoms with Crippen LogP contribution in [0.4, 0.5) is 5.69 Å². The molecule has 1 aromatic rings. The van der Waals surface area contributed by atoms with Crippen molar-refractivity contribution in [3.63, 3.8) is 0 Å². The molecule has 0 spiro atoms. The van der Waals surface area contributed by atoms with Gasteiger partial charge in [0, 0.05) is 25.4 Å². The summed E-state index contributed by atoms with van der Waals surface area (Å²) in [6.07, 6.45) is 1.48. The number of carbonyl (C=O) groups excluding carboxylic acids is 2. The molecule has 0 fully saturated rings. The third kappa shape index (κ3) is 4.64. The van der Waals surface area contributed by atoms with Crippen LogP contribution in [-0.2, 0) is 9.53 Å². The molecule has 0 aliphatic rings. The molecule has 0 radical (unpaired) electrons. The summed E-state index contributed by atoms with van der Waals surface area (Å²) in [6, 6.07) is 3.74. The molecule has 0 amide bonds. The number of hydrogen-bond donors (Lipinski definition) is 1. The van der Waals surface area contributed by atoms with Gasteiger partial charge in [-0.05, 0) is 24.0 Å². The number of carbonyl (C=O) groups is 2. The van der Waals surface area contributed by atoms with Crippen molar-refractivity contribution < 1.29 is 19.2 Å². The number of ether oxygens (including phenoxy) is 1. The fraction of sp³-hybridized carbons (Fsp3) is 0.375. The van der Waals surface area contributed by atoms with Crippen LogP contribution in [0.1, 0.15) is 36.7 Å². The largest absolute Gasteiger partial charge is 0.394 e. The molecule has 124 valence electrons. The van der Waals surface area contributed by atoms with E-state index in [0.29, 0.717) is 11.1 Å². The summed E-state index contributed by atoms with van der Waals surface area (Å²) in [5.41, 5.74) is 0.155. The Morgan fingerprint density at radius 3 is 2.35 bits per heavy atom. The van der Waals surface area contributed by atoms with E-state index in [1.165, 1.54) is 24.4 Å². The lowest BCUT2D eigenvalue weighted by atomic mass is 9.87. The lowest BCUT2D eigenvalue weighted by Gasteiger charge is -2.21. The number of nitro benzene ring substituents is 1. The van der Waals surface area contributed by atoms with Crippen LogP contribution in [-0.4, -0.2) is 23.9 Å². The van der Waals surface area contributed by atoms with Gasteiger partial charge in [0.2, 0.25) is 0 Å². The van der Waals surface area contributed by atoms with E-state index < -0.39 is 22.3 Å². The Hall–Kier alpha value is -2.70. The van der Waals surface area contributed by atoms with E-state index >= 15 is 0 Å². The van der Waals surface area contributed by atoms with Crippen molar-refractivity contribution >= 4 is 17.6 Å². The number of nitrogens with zero attached hydrogens (tertiary/aromatic N) is 1. The third-order valence-electron chi connectivity index (χ3n) is 3.14. The van der Waals surface area contributed by atoms with E-state index in [4.69, 9.17) is 4.74 Å². The first-order chi connectivity index (χ1) is 10.6. The highest BCUT2D eigenvalue weighted by Crippen LogP contribution is 2.26. The maximum absolute atomic E-state index is 12.2. The second-order valence-corrected chi connectivity index (χ2v) is 6.03. The molecule has 1 aromatic carbocycles. The number of nitro groups is 1. The van der Waals surface area contributed by atoms with Crippen LogP contribution < -0.4 is 5.32 Å². The van der Waals surface area contributed by atoms with Crippen LogP contribution in [0.15, 0.2) is 30.0 Å². The molecular weight excluding hydrogens is 300 g/mol. The first-order valence-electron chi connectivity index (χ1n) is 6.97. The van der Waals surface area contributed by atoms with Crippen LogP contribution in [0.2, 0.25) is 0 Å². The van der Waals surface area contributed by atoms with Crippen molar-refractivity contribution in [2.45, 2.75) is 27.7 Å². The number of aryl methyl sites for hydroxylation is 1. The Bertz CT molecular complexity index is 672. The Kier molecular flexibility index (Phi) is 5.62. The molecule has 1 rings (SSSR count). The number of rotatable bonds is 4. The van der Waals surface area contributed by atoms with Gasteiger partial charge in [-0.25, -0.2) is 9.59 Å². The van der Waals surface area contributed by atoms with Crippen molar-refractivity contribution in [1.29, 1.82) is 0 Å². The number of esters is 2. The van der Waals surface area contributed by atoms with Gasteiger partial charge in [0.15, 0.2) is 0 Å². The molecule has 7 nitrogen and oxygen atoms in total. The van der Waals surface area contributed by atoms with Crippen molar-refractivity contribution in [3.05, 3.63) is 51.2 Å². The van der Waals surface area contributed by atoms with Crippen LogP contribution >= 0.6 is 0 Å². The van der Waals surface area contributed by atoms with Gasteiger partial charge < -0.3 is 10.1 Å². The molecule has 0 saturated heterocycles. The Morgan fingerprint density at radius 1 is 1.30 bits per heavy atom. The molecule has 0 unspecified atom stereocenters. The van der Waals surface area contributed by atoms with E-state index in [0.717, 1.165) is 0 Å². The van der Waals surface area contributed by atoms with Gasteiger partial charge in [-0.3, -0.25) is 10.1 Å². The predicted molar refractivity (Wildman–Crippen MR) is 84.9 cm³/mol. The van der Waals surface area contributed by atoms with E-state index in [9.17, 15) is 19.7 Å². The summed E-state index contributed by atoms with van der Waals surface area (Å²) in [6.45, 7) is 7.00. The highest BCUT2D eigenvalue weighted by Gasteiger charge is 2.28. The average Bonchev–Trinajstić information content (AvgIpc) is 2.42. The standard InChI is InChI=1S/C16H20N2O5/c1-10-8-11(18(21)22)6-7-12(10)14(19)23-15(20)13(9-17-5)16(2,3)4/h6-9,17H,1-5H3. The monoisotopic (exact) mass is 320 g/mol. The second kappa shape index (κ2) is 7.04. The Morgan fingerprint density at radius 2 is 1.91 bits per heavy atom. The molecule has 0 heterocycles. The van der Waals surface area contributed by atoms with Crippen LogP contribution in [0, 0.1) is 22.5 Å². The quantitative estimate of drug-likeness (QED) is 0.301. The van der Waals surface area contributed by atoms with Gasteiger partial charge in [0.25, 0.3) is 5.69 Å². The second-order valence-electron chi connectivity index (χ2n) is 6.03. The van der Waals surface area contributed by atoms with E-state index in [2.05, 4.69) is 5.32 Å². The fourth-order valence-corrected chi connectivity index (χ4v) is 1.91. The minimum Gasteiger partial charge on any atom is -0.394 e. The Balaban J connectivity index is 3.02. The van der Waals surface area contributed by atoms with Gasteiger partial charge in [0.1, 0.15) is 0 Å². The number of nitrogens with one attached hydrogen (secondary N) is 1. The zero-order valence-electron chi connectivity index (χ0n) is 13.8. The molecule has 0 atom stereocenters. The fourth-order valence-electron chi connectivity index (χ4n) is 1.91. The van der Waals surface area contributed by atoms with Gasteiger partial charge in [-0.1, -0.05) is 20.8 Å². The summed E-state index contributed by atoms with van der Waals surface area (Å²) in [5, 5.41) is 13.5. The maximum atomic E-state index is 12.2. The minimum atomic E-state index is -0.839.